The predicted octanol–water partition coefficient (Wildman–Crippen LogP) is 0.240. The number of anilines is 1. The highest BCUT2D eigenvalue weighted by molar-refractivity contribution is 5.97. The van der Waals surface area contributed by atoms with Crippen LogP contribution in [0.4, 0.5) is 5.69 Å². The Hall–Kier alpha value is -2.24. The molecule has 0 spiro atoms. The molecule has 3 N–H and O–H groups in total. The number of carbonyl (C=O) groups excluding carboxylic acids is 2. The van der Waals surface area contributed by atoms with Crippen LogP contribution in [0.1, 0.15) is 16.8 Å². The number of rotatable bonds is 2. The normalized spacial score (nSPS) is 15.6. The number of hydrogen-bond donors (Lipinski definition) is 2. The van der Waals surface area contributed by atoms with E-state index in [9.17, 15) is 9.59 Å². The minimum absolute atomic E-state index is 0.0793. The van der Waals surface area contributed by atoms with E-state index in [0.29, 0.717) is 30.1 Å². The highest BCUT2D eigenvalue weighted by Gasteiger charge is 2.21. The van der Waals surface area contributed by atoms with Crippen LogP contribution in [0.15, 0.2) is 18.2 Å². The number of ether oxygens (including phenoxy) is 1. The van der Waals surface area contributed by atoms with Gasteiger partial charge in [0.15, 0.2) is 0 Å². The number of hydrogen-bond acceptors (Lipinski definition) is 4. The fraction of sp³-hybridized carbons (Fsp3) is 0.385. The maximum absolute atomic E-state index is 12.4. The second-order valence-electron chi connectivity index (χ2n) is 4.43. The molecule has 0 saturated carbocycles. The summed E-state index contributed by atoms with van der Waals surface area (Å²) in [6, 6.07) is 4.86. The van der Waals surface area contributed by atoms with Crippen LogP contribution < -0.4 is 15.8 Å². The molecule has 2 rings (SSSR count). The Morgan fingerprint density at radius 1 is 1.42 bits per heavy atom. The van der Waals surface area contributed by atoms with Gasteiger partial charge in [-0.3, -0.25) is 9.59 Å². The van der Waals surface area contributed by atoms with Gasteiger partial charge in [0, 0.05) is 30.4 Å². The first-order valence-corrected chi connectivity index (χ1v) is 6.10. The first-order chi connectivity index (χ1) is 9.10. The van der Waals surface area contributed by atoms with Gasteiger partial charge in [-0.25, -0.2) is 0 Å². The molecule has 1 aliphatic rings. The van der Waals surface area contributed by atoms with E-state index in [4.69, 9.17) is 10.5 Å². The molecule has 0 atom stereocenters. The SMILES string of the molecule is COc1cc(N)cc(C(=O)N2CCCNC(=O)C2)c1. The van der Waals surface area contributed by atoms with Crippen molar-refractivity contribution in [2.75, 3.05) is 32.5 Å². The molecular formula is C13H17N3O3. The molecule has 0 aliphatic carbocycles. The van der Waals surface area contributed by atoms with Gasteiger partial charge in [-0.2, -0.15) is 0 Å². The van der Waals surface area contributed by atoms with Gasteiger partial charge in [0.1, 0.15) is 5.75 Å². The topological polar surface area (TPSA) is 84.7 Å². The Bertz CT molecular complexity index is 502. The van der Waals surface area contributed by atoms with E-state index in [1.807, 2.05) is 0 Å². The molecule has 102 valence electrons. The van der Waals surface area contributed by atoms with Crippen molar-refractivity contribution in [3.63, 3.8) is 0 Å². The molecule has 1 aliphatic heterocycles. The zero-order valence-electron chi connectivity index (χ0n) is 10.8. The van der Waals surface area contributed by atoms with E-state index in [1.165, 1.54) is 12.0 Å². The molecule has 1 aromatic carbocycles. The number of nitrogens with two attached hydrogens (primary N) is 1. The standard InChI is InChI=1S/C13H17N3O3/c1-19-11-6-9(5-10(14)7-11)13(18)16-4-2-3-15-12(17)8-16/h5-7H,2-4,8,14H2,1H3,(H,15,17). The summed E-state index contributed by atoms with van der Waals surface area (Å²) in [7, 11) is 1.52. The minimum atomic E-state index is -0.206. The summed E-state index contributed by atoms with van der Waals surface area (Å²) in [4.78, 5) is 25.3. The number of methoxy groups -OCH3 is 1. The highest BCUT2D eigenvalue weighted by atomic mass is 16.5. The van der Waals surface area contributed by atoms with E-state index in [-0.39, 0.29) is 18.4 Å². The van der Waals surface area contributed by atoms with Crippen LogP contribution in [0.2, 0.25) is 0 Å². The summed E-state index contributed by atoms with van der Waals surface area (Å²) in [5.74, 6) is 0.187. The number of amides is 2. The van der Waals surface area contributed by atoms with E-state index in [2.05, 4.69) is 5.32 Å². The van der Waals surface area contributed by atoms with Gasteiger partial charge in [0.05, 0.1) is 13.7 Å². The van der Waals surface area contributed by atoms with Crippen molar-refractivity contribution < 1.29 is 14.3 Å². The first kappa shape index (κ1) is 13.2. The summed E-state index contributed by atoms with van der Waals surface area (Å²) >= 11 is 0. The maximum atomic E-state index is 12.4. The molecule has 19 heavy (non-hydrogen) atoms. The molecule has 0 radical (unpaired) electrons. The van der Waals surface area contributed by atoms with Crippen molar-refractivity contribution >= 4 is 17.5 Å². The molecule has 2 amide bonds. The van der Waals surface area contributed by atoms with Crippen LogP contribution in [0.5, 0.6) is 5.75 Å². The lowest BCUT2D eigenvalue weighted by atomic mass is 10.1. The fourth-order valence-corrected chi connectivity index (χ4v) is 2.03. The van der Waals surface area contributed by atoms with Crippen LogP contribution in [-0.2, 0) is 4.79 Å². The molecule has 1 fully saturated rings. The van der Waals surface area contributed by atoms with Crippen LogP contribution in [0.25, 0.3) is 0 Å². The lowest BCUT2D eigenvalue weighted by Crippen LogP contribution is -2.37. The van der Waals surface area contributed by atoms with Gasteiger partial charge in [-0.1, -0.05) is 0 Å². The van der Waals surface area contributed by atoms with Crippen molar-refractivity contribution in [3.8, 4) is 5.75 Å². The lowest BCUT2D eigenvalue weighted by Gasteiger charge is -2.19. The number of nitrogens with zero attached hydrogens (tertiary/aromatic N) is 1. The van der Waals surface area contributed by atoms with Gasteiger partial charge in [-0.15, -0.1) is 0 Å². The Balaban J connectivity index is 2.22. The molecule has 6 heteroatoms. The molecule has 1 aromatic rings. The quantitative estimate of drug-likeness (QED) is 0.749. The van der Waals surface area contributed by atoms with E-state index < -0.39 is 0 Å². The Labute approximate surface area is 111 Å². The molecule has 1 heterocycles. The van der Waals surface area contributed by atoms with Gasteiger partial charge in [0.25, 0.3) is 5.91 Å². The van der Waals surface area contributed by atoms with Gasteiger partial charge < -0.3 is 20.7 Å². The summed E-state index contributed by atoms with van der Waals surface area (Å²) in [5.41, 5.74) is 6.63. The van der Waals surface area contributed by atoms with Crippen molar-refractivity contribution in [3.05, 3.63) is 23.8 Å². The van der Waals surface area contributed by atoms with E-state index >= 15 is 0 Å². The Kier molecular flexibility index (Phi) is 3.89. The smallest absolute Gasteiger partial charge is 0.254 e. The summed E-state index contributed by atoms with van der Waals surface area (Å²) < 4.78 is 5.09. The summed E-state index contributed by atoms with van der Waals surface area (Å²) in [5, 5.41) is 2.73. The Morgan fingerprint density at radius 2 is 2.21 bits per heavy atom. The van der Waals surface area contributed by atoms with Crippen LogP contribution >= 0.6 is 0 Å². The molecule has 1 saturated heterocycles. The van der Waals surface area contributed by atoms with Crippen LogP contribution in [0, 0.1) is 0 Å². The molecular weight excluding hydrogens is 246 g/mol. The monoisotopic (exact) mass is 263 g/mol. The molecule has 0 aromatic heterocycles. The molecule has 0 bridgehead atoms. The fourth-order valence-electron chi connectivity index (χ4n) is 2.03. The van der Waals surface area contributed by atoms with E-state index in [1.54, 1.807) is 18.2 Å². The largest absolute Gasteiger partial charge is 0.497 e. The third kappa shape index (κ3) is 3.15. The number of carbonyl (C=O) groups is 2. The lowest BCUT2D eigenvalue weighted by molar-refractivity contribution is -0.121. The number of nitrogen functional groups attached to an aromatic ring is 1. The third-order valence-electron chi connectivity index (χ3n) is 2.96. The molecule has 0 unspecified atom stereocenters. The second kappa shape index (κ2) is 5.60. The average Bonchev–Trinajstić information content (AvgIpc) is 2.61. The number of nitrogens with one attached hydrogen (secondary N) is 1. The number of benzene rings is 1. The average molecular weight is 263 g/mol. The van der Waals surface area contributed by atoms with Gasteiger partial charge in [0.2, 0.25) is 5.91 Å². The predicted molar refractivity (Wildman–Crippen MR) is 70.9 cm³/mol. The van der Waals surface area contributed by atoms with Crippen molar-refractivity contribution in [2.45, 2.75) is 6.42 Å². The van der Waals surface area contributed by atoms with E-state index in [0.717, 1.165) is 6.42 Å². The van der Waals surface area contributed by atoms with Crippen LogP contribution in [0.3, 0.4) is 0 Å². The van der Waals surface area contributed by atoms with Crippen molar-refractivity contribution in [1.29, 1.82) is 0 Å². The minimum Gasteiger partial charge on any atom is -0.497 e. The third-order valence-corrected chi connectivity index (χ3v) is 2.96. The summed E-state index contributed by atoms with van der Waals surface area (Å²) in [6.07, 6.45) is 0.747. The zero-order valence-corrected chi connectivity index (χ0v) is 10.8. The van der Waals surface area contributed by atoms with Gasteiger partial charge >= 0.3 is 0 Å². The molecule has 6 nitrogen and oxygen atoms in total. The second-order valence-corrected chi connectivity index (χ2v) is 4.43. The van der Waals surface area contributed by atoms with Gasteiger partial charge in [-0.05, 0) is 18.6 Å². The van der Waals surface area contributed by atoms with Crippen LogP contribution in [-0.4, -0.2) is 43.5 Å². The highest BCUT2D eigenvalue weighted by Crippen LogP contribution is 2.20. The first-order valence-electron chi connectivity index (χ1n) is 6.10. The zero-order chi connectivity index (χ0) is 13.8. The Morgan fingerprint density at radius 3 is 2.95 bits per heavy atom. The van der Waals surface area contributed by atoms with Crippen molar-refractivity contribution in [1.82, 2.24) is 10.2 Å². The van der Waals surface area contributed by atoms with Crippen molar-refractivity contribution in [2.24, 2.45) is 0 Å². The maximum Gasteiger partial charge on any atom is 0.254 e. The summed E-state index contributed by atoms with van der Waals surface area (Å²) in [6.45, 7) is 1.23.